The smallest absolute Gasteiger partial charge is 0.326 e. The minimum absolute atomic E-state index is 0.0290. The van der Waals surface area contributed by atoms with Crippen molar-refractivity contribution in [2.45, 2.75) is 241 Å². The van der Waals surface area contributed by atoms with Crippen molar-refractivity contribution < 1.29 is 68.1 Å². The largest absolute Gasteiger partial charge is 0.480 e. The molecule has 15 atom stereocenters. The van der Waals surface area contributed by atoms with Crippen LogP contribution in [-0.2, 0) is 52.7 Å². The molecular formula is C58H108N12O14S. The zero-order valence-corrected chi connectivity index (χ0v) is 54.3. The molecule has 0 aromatic heterocycles. The summed E-state index contributed by atoms with van der Waals surface area (Å²) in [5.74, 6) is -11.6. The molecule has 0 saturated carbocycles. The molecule has 0 aliphatic rings. The SMILES string of the molecule is CC[C@H](C)[C@H](NC(=O)[C@@H](NC(=O)[C@@H](N)[C@@H](C)O)C(C)C)C(=O)N[C@H](C(=O)N[C@H](C(=O)N[C@H](C(=O)N[C@@H](CC(C)C)C(=O)N[C@H](C(=O)N[C@@H](CCSC)C(=O)N[C@@H](CC(C)C)C(=O)N[C@@H](CCCCN)C(=O)O)C(C)C)[C@@H](C)O)[C@@H](C)CC)C(C)C. The molecule has 0 aromatic carbocycles. The Bertz CT molecular complexity index is 2170. The number of aliphatic hydroxyl groups excluding tert-OH is 2. The second-order valence-corrected chi connectivity index (χ2v) is 25.3. The van der Waals surface area contributed by atoms with E-state index in [0.717, 1.165) is 0 Å². The second-order valence-electron chi connectivity index (χ2n) is 24.3. The van der Waals surface area contributed by atoms with Crippen LogP contribution in [0.1, 0.15) is 162 Å². The summed E-state index contributed by atoms with van der Waals surface area (Å²) in [5.41, 5.74) is 11.4. The molecule has 0 unspecified atom stereocenters. The van der Waals surface area contributed by atoms with Crippen LogP contribution in [0.15, 0.2) is 0 Å². The number of carboxylic acid groups (broad SMARTS) is 1. The maximum absolute atomic E-state index is 14.3. The fourth-order valence-corrected chi connectivity index (χ4v) is 9.31. The number of unbranched alkanes of at least 4 members (excludes halogenated alkanes) is 1. The Morgan fingerprint density at radius 1 is 0.400 bits per heavy atom. The zero-order valence-electron chi connectivity index (χ0n) is 53.5. The van der Waals surface area contributed by atoms with Gasteiger partial charge >= 0.3 is 5.97 Å². The Morgan fingerprint density at radius 3 is 1.08 bits per heavy atom. The third-order valence-electron chi connectivity index (χ3n) is 14.7. The highest BCUT2D eigenvalue weighted by atomic mass is 32.2. The lowest BCUT2D eigenvalue weighted by atomic mass is 9.94. The molecule has 27 heteroatoms. The number of aliphatic hydroxyl groups is 2. The number of aliphatic carboxylic acids is 1. The average molecular weight is 1230 g/mol. The summed E-state index contributed by atoms with van der Waals surface area (Å²) in [5, 5.41) is 57.2. The first-order chi connectivity index (χ1) is 39.5. The van der Waals surface area contributed by atoms with Crippen molar-refractivity contribution in [3.05, 3.63) is 0 Å². The average Bonchev–Trinajstić information content (AvgIpc) is 3.50. The number of hydrogen-bond donors (Lipinski definition) is 15. The first-order valence-corrected chi connectivity index (χ1v) is 31.5. The van der Waals surface area contributed by atoms with Gasteiger partial charge < -0.3 is 80.0 Å². The zero-order chi connectivity index (χ0) is 65.7. The molecule has 0 rings (SSSR count). The second kappa shape index (κ2) is 39.9. The van der Waals surface area contributed by atoms with E-state index >= 15 is 0 Å². The van der Waals surface area contributed by atoms with E-state index in [4.69, 9.17) is 11.5 Å². The number of hydrogen-bond acceptors (Lipinski definition) is 16. The summed E-state index contributed by atoms with van der Waals surface area (Å²) in [6.45, 7) is 27.1. The Morgan fingerprint density at radius 2 is 0.718 bits per heavy atom. The Kier molecular flexibility index (Phi) is 37.3. The van der Waals surface area contributed by atoms with E-state index in [-0.39, 0.29) is 37.5 Å². The van der Waals surface area contributed by atoms with E-state index in [0.29, 0.717) is 38.0 Å². The van der Waals surface area contributed by atoms with Crippen LogP contribution in [0, 0.1) is 41.4 Å². The van der Waals surface area contributed by atoms with Gasteiger partial charge in [0.1, 0.15) is 66.5 Å². The highest BCUT2D eigenvalue weighted by Gasteiger charge is 2.40. The molecule has 0 aromatic rings. The molecule has 0 fully saturated rings. The van der Waals surface area contributed by atoms with Gasteiger partial charge in [-0.2, -0.15) is 11.8 Å². The van der Waals surface area contributed by atoms with E-state index in [1.165, 1.54) is 25.6 Å². The first kappa shape index (κ1) is 79.4. The van der Waals surface area contributed by atoms with Crippen molar-refractivity contribution in [2.24, 2.45) is 52.9 Å². The van der Waals surface area contributed by atoms with Crippen molar-refractivity contribution in [3.8, 4) is 0 Å². The van der Waals surface area contributed by atoms with Crippen LogP contribution in [0.2, 0.25) is 0 Å². The Labute approximate surface area is 508 Å². The molecular weight excluding hydrogens is 1120 g/mol. The van der Waals surface area contributed by atoms with Gasteiger partial charge in [-0.05, 0) is 112 Å². The van der Waals surface area contributed by atoms with Gasteiger partial charge in [0.2, 0.25) is 59.1 Å². The van der Waals surface area contributed by atoms with E-state index in [2.05, 4.69) is 53.2 Å². The topological polar surface area (TPSA) is 421 Å². The highest BCUT2D eigenvalue weighted by molar-refractivity contribution is 7.98. The van der Waals surface area contributed by atoms with E-state index in [1.807, 2.05) is 13.8 Å². The molecule has 26 nitrogen and oxygen atoms in total. The van der Waals surface area contributed by atoms with Crippen molar-refractivity contribution in [3.63, 3.8) is 0 Å². The van der Waals surface area contributed by atoms with Gasteiger partial charge in [0.05, 0.1) is 12.2 Å². The molecule has 0 aliphatic heterocycles. The van der Waals surface area contributed by atoms with E-state index in [1.54, 1.807) is 89.3 Å². The first-order valence-electron chi connectivity index (χ1n) is 30.1. The molecule has 0 spiro atoms. The molecule has 0 heterocycles. The van der Waals surface area contributed by atoms with Gasteiger partial charge in [0.25, 0.3) is 0 Å². The number of nitrogens with one attached hydrogen (secondary N) is 10. The quantitative estimate of drug-likeness (QED) is 0.0360. The lowest BCUT2D eigenvalue weighted by Gasteiger charge is -2.32. The summed E-state index contributed by atoms with van der Waals surface area (Å²) in [7, 11) is 0. The van der Waals surface area contributed by atoms with E-state index in [9.17, 15) is 68.1 Å². The van der Waals surface area contributed by atoms with Crippen molar-refractivity contribution >= 4 is 76.8 Å². The van der Waals surface area contributed by atoms with Gasteiger partial charge in [0, 0.05) is 0 Å². The predicted octanol–water partition coefficient (Wildman–Crippen LogP) is 0.0424. The summed E-state index contributed by atoms with van der Waals surface area (Å²) >= 11 is 1.40. The normalized spacial score (nSPS) is 17.0. The fraction of sp³-hybridized carbons (Fsp3) is 0.810. The third-order valence-corrected chi connectivity index (χ3v) is 15.3. The molecule has 490 valence electrons. The highest BCUT2D eigenvalue weighted by Crippen LogP contribution is 2.17. The number of carboxylic acids is 1. The molecule has 0 radical (unpaired) electrons. The van der Waals surface area contributed by atoms with E-state index < -0.39 is 173 Å². The molecule has 0 bridgehead atoms. The number of rotatable bonds is 41. The van der Waals surface area contributed by atoms with Crippen LogP contribution < -0.4 is 64.6 Å². The monoisotopic (exact) mass is 1230 g/mol. The maximum atomic E-state index is 14.3. The van der Waals surface area contributed by atoms with Gasteiger partial charge in [0.15, 0.2) is 0 Å². The third kappa shape index (κ3) is 28.2. The number of nitrogens with two attached hydrogens (primary N) is 2. The van der Waals surface area contributed by atoms with Crippen LogP contribution in [0.4, 0.5) is 0 Å². The molecule has 10 amide bonds. The maximum Gasteiger partial charge on any atom is 0.326 e. The van der Waals surface area contributed by atoms with Crippen LogP contribution in [-0.4, -0.2) is 178 Å². The van der Waals surface area contributed by atoms with Gasteiger partial charge in [-0.15, -0.1) is 0 Å². The number of carbonyl (C=O) groups excluding carboxylic acids is 10. The summed E-state index contributed by atoms with van der Waals surface area (Å²) in [6.07, 6.45) is 1.22. The summed E-state index contributed by atoms with van der Waals surface area (Å²) in [4.78, 5) is 151. The summed E-state index contributed by atoms with van der Waals surface area (Å²) in [6, 6.07) is -14.1. The lowest BCUT2D eigenvalue weighted by molar-refractivity contribution is -0.142. The Balaban J connectivity index is 6.69. The Hall–Kier alpha value is -5.64. The molecule has 0 aliphatic carbocycles. The van der Waals surface area contributed by atoms with Crippen LogP contribution in [0.5, 0.6) is 0 Å². The van der Waals surface area contributed by atoms with Crippen molar-refractivity contribution in [1.29, 1.82) is 0 Å². The van der Waals surface area contributed by atoms with Crippen LogP contribution in [0.3, 0.4) is 0 Å². The minimum atomic E-state index is -1.69. The minimum Gasteiger partial charge on any atom is -0.480 e. The number of amides is 10. The van der Waals surface area contributed by atoms with Crippen LogP contribution in [0.25, 0.3) is 0 Å². The van der Waals surface area contributed by atoms with Crippen molar-refractivity contribution in [1.82, 2.24) is 53.2 Å². The summed E-state index contributed by atoms with van der Waals surface area (Å²) < 4.78 is 0. The molecule has 85 heavy (non-hydrogen) atoms. The number of thioether (sulfide) groups is 1. The molecule has 0 saturated heterocycles. The lowest BCUT2D eigenvalue weighted by Crippen LogP contribution is -2.64. The molecule has 17 N–H and O–H groups in total. The number of carbonyl (C=O) groups is 11. The predicted molar refractivity (Wildman–Crippen MR) is 327 cm³/mol. The van der Waals surface area contributed by atoms with Gasteiger partial charge in [-0.25, -0.2) is 4.79 Å². The fourth-order valence-electron chi connectivity index (χ4n) is 8.84. The standard InChI is InChI=1S/C58H108N12O14S/c1-18-33(13)45(68-53(78)43(31(9)10)66-51(76)41(60)35(15)71)55(80)67-44(32(11)12)54(79)69-46(34(14)19-2)56(81)70-47(36(16)72)57(82)64-40(27-29(5)6)50(75)65-42(30(7)8)52(77)61-37(23-25-85-17)48(73)63-39(26-28(3)4)49(74)62-38(58(83)84)22-20-21-24-59/h28-47,71-72H,18-27,59-60H2,1-17H3,(H,61,77)(H,62,74)(H,63,73)(H,64,82)(H,65,75)(H,66,76)(H,67,80)(H,68,78)(H,69,79)(H,70,81)(H,83,84)/t33-,34-,35+,36+,37-,38-,39-,40-,41-,42-,43-,44-,45-,46-,47-/m0/s1. The van der Waals surface area contributed by atoms with Crippen LogP contribution >= 0.6 is 11.8 Å². The van der Waals surface area contributed by atoms with Gasteiger partial charge in [-0.3, -0.25) is 47.9 Å². The van der Waals surface area contributed by atoms with Gasteiger partial charge in [-0.1, -0.05) is 110 Å². The van der Waals surface area contributed by atoms with Crippen molar-refractivity contribution in [2.75, 3.05) is 18.6 Å².